The maximum absolute atomic E-state index is 13.1. The van der Waals surface area contributed by atoms with Gasteiger partial charge in [0.1, 0.15) is 5.75 Å². The zero-order valence-electron chi connectivity index (χ0n) is 9.34. The summed E-state index contributed by atoms with van der Waals surface area (Å²) in [5.74, 6) is -1.86. The minimum atomic E-state index is -4.06. The Morgan fingerprint density at radius 3 is 2.58 bits per heavy atom. The number of esters is 1. The van der Waals surface area contributed by atoms with Gasteiger partial charge >= 0.3 is 11.2 Å². The molecule has 7 heteroatoms. The first-order chi connectivity index (χ1) is 9.04. The molecule has 2 aromatic rings. The highest BCUT2D eigenvalue weighted by molar-refractivity contribution is 7.96. The zero-order chi connectivity index (χ0) is 13.9. The van der Waals surface area contributed by atoms with Crippen LogP contribution in [-0.2, 0) is 9.13 Å². The molecule has 19 heavy (non-hydrogen) atoms. The van der Waals surface area contributed by atoms with E-state index in [4.69, 9.17) is 0 Å². The summed E-state index contributed by atoms with van der Waals surface area (Å²) in [5, 5.41) is 6.89. The van der Waals surface area contributed by atoms with E-state index in [2.05, 4.69) is 9.07 Å². The summed E-state index contributed by atoms with van der Waals surface area (Å²) >= 11 is -0.797. The molecule has 0 unspecified atom stereocenters. The van der Waals surface area contributed by atoms with E-state index in [0.29, 0.717) is 5.39 Å². The van der Waals surface area contributed by atoms with Gasteiger partial charge in [-0.3, -0.25) is 0 Å². The van der Waals surface area contributed by atoms with Crippen molar-refractivity contribution in [3.05, 3.63) is 42.5 Å². The Labute approximate surface area is 111 Å². The third-order valence-electron chi connectivity index (χ3n) is 2.33. The second-order valence-electron chi connectivity index (χ2n) is 3.53. The Morgan fingerprint density at radius 1 is 1.16 bits per heavy atom. The highest BCUT2D eigenvalue weighted by Gasteiger charge is 2.42. The Bertz CT molecular complexity index is 598. The normalized spacial score (nSPS) is 11.5. The fourth-order valence-corrected chi connectivity index (χ4v) is 1.72. The first-order valence-corrected chi connectivity index (χ1v) is 5.84. The summed E-state index contributed by atoms with van der Waals surface area (Å²) in [6, 6.07) is 11.5. The average Bonchev–Trinajstić information content (AvgIpc) is 2.39. The first kappa shape index (κ1) is 13.7. The topological polar surface area (TPSA) is 58.6 Å². The van der Waals surface area contributed by atoms with E-state index in [0.717, 1.165) is 5.39 Å². The third kappa shape index (κ3) is 3.01. The first-order valence-electron chi connectivity index (χ1n) is 5.10. The van der Waals surface area contributed by atoms with E-state index in [9.17, 15) is 18.8 Å². The molecule has 0 amide bonds. The van der Waals surface area contributed by atoms with Crippen LogP contribution in [0.5, 0.6) is 5.75 Å². The van der Waals surface area contributed by atoms with Crippen LogP contribution in [0.4, 0.5) is 8.78 Å². The van der Waals surface area contributed by atoms with Crippen LogP contribution in [0.15, 0.2) is 42.5 Å². The SMILES string of the molecule is O=C(Oc1cccc2ccccc12)C(F)(F)SO[O-]. The molecule has 0 heterocycles. The van der Waals surface area contributed by atoms with Gasteiger partial charge in [0, 0.05) is 5.39 Å². The number of rotatable bonds is 4. The van der Waals surface area contributed by atoms with Crippen LogP contribution in [0, 0.1) is 0 Å². The molecule has 0 aromatic heterocycles. The van der Waals surface area contributed by atoms with Crippen LogP contribution >= 0.6 is 12.0 Å². The molecule has 4 nitrogen and oxygen atoms in total. The van der Waals surface area contributed by atoms with Crippen LogP contribution < -0.4 is 9.99 Å². The summed E-state index contributed by atoms with van der Waals surface area (Å²) in [4.78, 5) is 11.3. The van der Waals surface area contributed by atoms with E-state index < -0.39 is 23.3 Å². The van der Waals surface area contributed by atoms with Crippen LogP contribution in [0.2, 0.25) is 0 Å². The third-order valence-corrected chi connectivity index (χ3v) is 2.77. The standard InChI is InChI=1S/C12H8F2O4S/c13-12(14,19-18-16)11(15)17-10-7-3-5-8-4-1-2-6-9(8)10/h1-7,16H/p-1. The number of ether oxygens (including phenoxy) is 1. The molecule has 0 spiro atoms. The van der Waals surface area contributed by atoms with Crippen molar-refractivity contribution >= 4 is 28.8 Å². The van der Waals surface area contributed by atoms with Gasteiger partial charge in [0.2, 0.25) is 0 Å². The smallest absolute Gasteiger partial charge is 0.412 e. The Balaban J connectivity index is 2.29. The zero-order valence-corrected chi connectivity index (χ0v) is 10.2. The number of benzene rings is 2. The molecule has 0 N–H and O–H groups in total. The molecule has 0 atom stereocenters. The van der Waals surface area contributed by atoms with Crippen molar-refractivity contribution in [1.29, 1.82) is 0 Å². The molecule has 0 radical (unpaired) electrons. The average molecular weight is 285 g/mol. The van der Waals surface area contributed by atoms with Crippen LogP contribution in [0.1, 0.15) is 0 Å². The quantitative estimate of drug-likeness (QED) is 0.283. The summed E-state index contributed by atoms with van der Waals surface area (Å²) in [5.41, 5.74) is 0. The minimum absolute atomic E-state index is 0.00530. The van der Waals surface area contributed by atoms with Gasteiger partial charge in [0.25, 0.3) is 0 Å². The number of fused-ring (bicyclic) bond motifs is 1. The highest BCUT2D eigenvalue weighted by Crippen LogP contribution is 2.32. The Kier molecular flexibility index (Phi) is 3.98. The van der Waals surface area contributed by atoms with E-state index in [1.54, 1.807) is 36.4 Å². The lowest BCUT2D eigenvalue weighted by molar-refractivity contribution is -0.630. The number of hydrogen-bond acceptors (Lipinski definition) is 5. The molecule has 0 aliphatic heterocycles. The fraction of sp³-hybridized carbons (Fsp3) is 0.0833. The molecule has 0 saturated carbocycles. The molecule has 0 bridgehead atoms. The number of alkyl halides is 2. The summed E-state index contributed by atoms with van der Waals surface area (Å²) in [7, 11) is 0. The number of carbonyl (C=O) groups excluding carboxylic acids is 1. The van der Waals surface area contributed by atoms with Crippen molar-refractivity contribution in [3.63, 3.8) is 0 Å². The fourth-order valence-electron chi connectivity index (χ4n) is 1.52. The van der Waals surface area contributed by atoms with Crippen molar-refractivity contribution in [2.75, 3.05) is 0 Å². The second-order valence-corrected chi connectivity index (χ2v) is 4.35. The number of carbonyl (C=O) groups is 1. The molecule has 0 aliphatic rings. The Morgan fingerprint density at radius 2 is 1.84 bits per heavy atom. The van der Waals surface area contributed by atoms with E-state index in [1.807, 2.05) is 0 Å². The van der Waals surface area contributed by atoms with Crippen molar-refractivity contribution in [2.45, 2.75) is 5.25 Å². The maximum Gasteiger partial charge on any atom is 0.412 e. The number of hydrogen-bond donors (Lipinski definition) is 0. The molecular formula is C12H7F2O4S-. The predicted octanol–water partition coefficient (Wildman–Crippen LogP) is 2.28. The molecule has 0 saturated heterocycles. The van der Waals surface area contributed by atoms with Gasteiger partial charge in [-0.05, 0) is 11.5 Å². The van der Waals surface area contributed by atoms with Crippen molar-refractivity contribution in [1.82, 2.24) is 0 Å². The van der Waals surface area contributed by atoms with Gasteiger partial charge < -0.3 is 14.3 Å². The van der Waals surface area contributed by atoms with Crippen LogP contribution in [0.3, 0.4) is 0 Å². The molecule has 0 fully saturated rings. The van der Waals surface area contributed by atoms with Gasteiger partial charge in [-0.1, -0.05) is 36.4 Å². The lowest BCUT2D eigenvalue weighted by atomic mass is 10.1. The lowest BCUT2D eigenvalue weighted by Crippen LogP contribution is -2.30. The van der Waals surface area contributed by atoms with E-state index in [-0.39, 0.29) is 5.75 Å². The molecule has 2 rings (SSSR count). The van der Waals surface area contributed by atoms with Crippen molar-refractivity contribution in [2.24, 2.45) is 0 Å². The summed E-state index contributed by atoms with van der Waals surface area (Å²) in [6.45, 7) is 0. The van der Waals surface area contributed by atoms with Crippen LogP contribution in [0.25, 0.3) is 10.8 Å². The monoisotopic (exact) mass is 285 g/mol. The van der Waals surface area contributed by atoms with Crippen molar-refractivity contribution in [3.8, 4) is 5.75 Å². The summed E-state index contributed by atoms with van der Waals surface area (Å²) < 4.78 is 33.7. The minimum Gasteiger partial charge on any atom is -0.710 e. The van der Waals surface area contributed by atoms with Crippen molar-refractivity contribution < 1.29 is 27.9 Å². The largest absolute Gasteiger partial charge is 0.710 e. The van der Waals surface area contributed by atoms with E-state index in [1.165, 1.54) is 6.07 Å². The number of halogens is 2. The maximum atomic E-state index is 13.1. The van der Waals surface area contributed by atoms with Gasteiger partial charge in [0.15, 0.2) is 0 Å². The van der Waals surface area contributed by atoms with Gasteiger partial charge in [0.05, 0.1) is 12.0 Å². The Hall–Kier alpha value is -1.70. The van der Waals surface area contributed by atoms with Gasteiger partial charge in [-0.15, -0.1) is 0 Å². The molecule has 0 aliphatic carbocycles. The highest BCUT2D eigenvalue weighted by atomic mass is 32.2. The molecule has 2 aromatic carbocycles. The van der Waals surface area contributed by atoms with E-state index >= 15 is 0 Å². The molecular weight excluding hydrogens is 278 g/mol. The van der Waals surface area contributed by atoms with Gasteiger partial charge in [-0.2, -0.15) is 8.78 Å². The lowest BCUT2D eigenvalue weighted by Gasteiger charge is -2.15. The van der Waals surface area contributed by atoms with Crippen LogP contribution in [-0.4, -0.2) is 11.2 Å². The molecule has 100 valence electrons. The van der Waals surface area contributed by atoms with Gasteiger partial charge in [-0.25, -0.2) is 4.79 Å². The summed E-state index contributed by atoms with van der Waals surface area (Å²) in [6.07, 6.45) is 0. The predicted molar refractivity (Wildman–Crippen MR) is 63.2 cm³/mol. The second kappa shape index (κ2) is 5.52.